The number of anilines is 2. The molecule has 9 heteroatoms. The Morgan fingerprint density at radius 3 is 2.34 bits per heavy atom. The Morgan fingerprint density at radius 2 is 1.55 bits per heavy atom. The SMILES string of the molecule is O=C(Nc1ccc2[nH]c(=O)[nH]c2c1)c1cccc(NS(=O)(=O)c2ccccc2)c1. The Balaban J connectivity index is 1.54. The maximum atomic E-state index is 12.6. The van der Waals surface area contributed by atoms with Crippen molar-refractivity contribution in [2.75, 3.05) is 10.0 Å². The molecule has 0 spiro atoms. The highest BCUT2D eigenvalue weighted by Crippen LogP contribution is 2.19. The smallest absolute Gasteiger partial charge is 0.322 e. The summed E-state index contributed by atoms with van der Waals surface area (Å²) in [5.74, 6) is -0.414. The molecule has 1 amide bonds. The second-order valence-electron chi connectivity index (χ2n) is 6.29. The number of carbonyl (C=O) groups excluding carboxylic acids is 1. The first-order chi connectivity index (χ1) is 13.9. The van der Waals surface area contributed by atoms with Gasteiger partial charge in [0.25, 0.3) is 15.9 Å². The summed E-state index contributed by atoms with van der Waals surface area (Å²) in [5.41, 5.74) is 1.91. The second-order valence-corrected chi connectivity index (χ2v) is 7.98. The molecule has 0 fully saturated rings. The zero-order valence-electron chi connectivity index (χ0n) is 15.0. The van der Waals surface area contributed by atoms with Gasteiger partial charge >= 0.3 is 5.69 Å². The van der Waals surface area contributed by atoms with Gasteiger partial charge in [0.2, 0.25) is 0 Å². The van der Waals surface area contributed by atoms with Gasteiger partial charge in [-0.3, -0.25) is 9.52 Å². The molecule has 3 aromatic carbocycles. The maximum Gasteiger partial charge on any atom is 0.323 e. The van der Waals surface area contributed by atoms with E-state index in [0.717, 1.165) is 0 Å². The third-order valence-corrected chi connectivity index (χ3v) is 5.60. The molecule has 0 saturated carbocycles. The van der Waals surface area contributed by atoms with Crippen molar-refractivity contribution in [3.8, 4) is 0 Å². The molecular formula is C20H16N4O4S. The molecule has 0 radical (unpaired) electrons. The molecule has 0 bridgehead atoms. The molecule has 4 N–H and O–H groups in total. The summed E-state index contributed by atoms with van der Waals surface area (Å²) in [6, 6.07) is 19.1. The quantitative estimate of drug-likeness (QED) is 0.405. The topological polar surface area (TPSA) is 124 Å². The molecule has 1 heterocycles. The van der Waals surface area contributed by atoms with Crippen LogP contribution in [0, 0.1) is 0 Å². The lowest BCUT2D eigenvalue weighted by molar-refractivity contribution is 0.102. The lowest BCUT2D eigenvalue weighted by Gasteiger charge is -2.10. The van der Waals surface area contributed by atoms with Crippen LogP contribution in [0.1, 0.15) is 10.4 Å². The van der Waals surface area contributed by atoms with Crippen LogP contribution >= 0.6 is 0 Å². The fraction of sp³-hybridized carbons (Fsp3) is 0. The predicted molar refractivity (Wildman–Crippen MR) is 111 cm³/mol. The second kappa shape index (κ2) is 7.28. The number of hydrogen-bond acceptors (Lipinski definition) is 4. The Kier molecular flexibility index (Phi) is 4.65. The fourth-order valence-corrected chi connectivity index (χ4v) is 3.92. The minimum absolute atomic E-state index is 0.128. The average molecular weight is 408 g/mol. The number of imidazole rings is 1. The summed E-state index contributed by atoms with van der Waals surface area (Å²) < 4.78 is 27.4. The van der Waals surface area contributed by atoms with Crippen molar-refractivity contribution in [3.05, 3.63) is 88.8 Å². The predicted octanol–water partition coefficient (Wildman–Crippen LogP) is 2.91. The Labute approximate surface area is 165 Å². The highest BCUT2D eigenvalue weighted by atomic mass is 32.2. The van der Waals surface area contributed by atoms with Crippen molar-refractivity contribution >= 4 is 38.3 Å². The highest BCUT2D eigenvalue weighted by molar-refractivity contribution is 7.92. The summed E-state index contributed by atoms with van der Waals surface area (Å²) in [6.45, 7) is 0. The van der Waals surface area contributed by atoms with Crippen LogP contribution in [0.4, 0.5) is 11.4 Å². The third kappa shape index (κ3) is 4.04. The summed E-state index contributed by atoms with van der Waals surface area (Å²) in [6.07, 6.45) is 0. The Hall–Kier alpha value is -3.85. The monoisotopic (exact) mass is 408 g/mol. The van der Waals surface area contributed by atoms with Crippen molar-refractivity contribution < 1.29 is 13.2 Å². The van der Waals surface area contributed by atoms with E-state index in [-0.39, 0.29) is 21.8 Å². The molecule has 4 rings (SSSR count). The Morgan fingerprint density at radius 1 is 0.793 bits per heavy atom. The van der Waals surface area contributed by atoms with Crippen LogP contribution in [0.15, 0.2) is 82.5 Å². The zero-order chi connectivity index (χ0) is 20.4. The van der Waals surface area contributed by atoms with E-state index >= 15 is 0 Å². The van der Waals surface area contributed by atoms with Crippen molar-refractivity contribution in [1.29, 1.82) is 0 Å². The van der Waals surface area contributed by atoms with E-state index in [2.05, 4.69) is 20.0 Å². The number of hydrogen-bond donors (Lipinski definition) is 4. The molecular weight excluding hydrogens is 392 g/mol. The van der Waals surface area contributed by atoms with Crippen molar-refractivity contribution in [2.24, 2.45) is 0 Å². The van der Waals surface area contributed by atoms with Crippen LogP contribution in [0.5, 0.6) is 0 Å². The largest absolute Gasteiger partial charge is 0.323 e. The third-order valence-electron chi connectivity index (χ3n) is 4.20. The number of H-pyrrole nitrogens is 2. The first-order valence-corrected chi connectivity index (χ1v) is 10.1. The number of amides is 1. The van der Waals surface area contributed by atoms with Crippen LogP contribution in [-0.4, -0.2) is 24.3 Å². The van der Waals surface area contributed by atoms with E-state index in [1.54, 1.807) is 54.6 Å². The van der Waals surface area contributed by atoms with Gasteiger partial charge in [0, 0.05) is 16.9 Å². The highest BCUT2D eigenvalue weighted by Gasteiger charge is 2.15. The zero-order valence-corrected chi connectivity index (χ0v) is 15.8. The van der Waals surface area contributed by atoms with Gasteiger partial charge in [0.05, 0.1) is 15.9 Å². The lowest BCUT2D eigenvalue weighted by Crippen LogP contribution is -2.15. The van der Waals surface area contributed by atoms with Gasteiger partial charge in [-0.1, -0.05) is 24.3 Å². The summed E-state index contributed by atoms with van der Waals surface area (Å²) in [4.78, 5) is 29.3. The van der Waals surface area contributed by atoms with Crippen LogP contribution in [0.25, 0.3) is 11.0 Å². The molecule has 0 saturated heterocycles. The summed E-state index contributed by atoms with van der Waals surface area (Å²) in [7, 11) is -3.76. The molecule has 0 unspecified atom stereocenters. The van der Waals surface area contributed by atoms with Crippen molar-refractivity contribution in [3.63, 3.8) is 0 Å². The van der Waals surface area contributed by atoms with Crippen molar-refractivity contribution in [1.82, 2.24) is 9.97 Å². The number of aromatic nitrogens is 2. The number of aromatic amines is 2. The Bertz CT molecular complexity index is 1360. The first kappa shape index (κ1) is 18.5. The van der Waals surface area contributed by atoms with Crippen LogP contribution in [-0.2, 0) is 10.0 Å². The normalized spacial score (nSPS) is 11.3. The lowest BCUT2D eigenvalue weighted by atomic mass is 10.2. The van der Waals surface area contributed by atoms with Gasteiger partial charge in [0.15, 0.2) is 0 Å². The number of sulfonamides is 1. The molecule has 4 aromatic rings. The van der Waals surface area contributed by atoms with E-state index in [0.29, 0.717) is 16.7 Å². The summed E-state index contributed by atoms with van der Waals surface area (Å²) in [5, 5.41) is 2.73. The number of fused-ring (bicyclic) bond motifs is 1. The van der Waals surface area contributed by atoms with E-state index in [4.69, 9.17) is 0 Å². The molecule has 8 nitrogen and oxygen atoms in total. The van der Waals surface area contributed by atoms with Gasteiger partial charge in [-0.2, -0.15) is 0 Å². The molecule has 29 heavy (non-hydrogen) atoms. The number of benzene rings is 3. The fourth-order valence-electron chi connectivity index (χ4n) is 2.85. The average Bonchev–Trinajstić information content (AvgIpc) is 3.08. The van der Waals surface area contributed by atoms with E-state index in [9.17, 15) is 18.0 Å². The summed E-state index contributed by atoms with van der Waals surface area (Å²) >= 11 is 0. The van der Waals surface area contributed by atoms with Gasteiger partial charge in [-0.15, -0.1) is 0 Å². The van der Waals surface area contributed by atoms with Gasteiger partial charge in [-0.25, -0.2) is 13.2 Å². The van der Waals surface area contributed by atoms with Gasteiger partial charge in [0.1, 0.15) is 0 Å². The molecule has 1 aromatic heterocycles. The minimum Gasteiger partial charge on any atom is -0.322 e. The van der Waals surface area contributed by atoms with E-state index in [1.807, 2.05) is 0 Å². The molecule has 146 valence electrons. The van der Waals surface area contributed by atoms with Gasteiger partial charge < -0.3 is 15.3 Å². The van der Waals surface area contributed by atoms with Gasteiger partial charge in [-0.05, 0) is 48.5 Å². The van der Waals surface area contributed by atoms with E-state index in [1.165, 1.54) is 18.2 Å². The molecule has 0 aliphatic carbocycles. The minimum atomic E-state index is -3.76. The molecule has 0 aliphatic rings. The standard InChI is InChI=1S/C20H16N4O4S/c25-19(21-14-9-10-17-18(12-14)23-20(26)22-17)13-5-4-6-15(11-13)24-29(27,28)16-7-2-1-3-8-16/h1-12,24H,(H,21,25)(H2,22,23,26). The van der Waals surface area contributed by atoms with Crippen molar-refractivity contribution in [2.45, 2.75) is 4.90 Å². The number of carbonyl (C=O) groups is 1. The molecule has 0 aliphatic heterocycles. The molecule has 0 atom stereocenters. The van der Waals surface area contributed by atoms with Crippen LogP contribution in [0.3, 0.4) is 0 Å². The van der Waals surface area contributed by atoms with Crippen LogP contribution < -0.4 is 15.7 Å². The van der Waals surface area contributed by atoms with E-state index < -0.39 is 15.9 Å². The first-order valence-electron chi connectivity index (χ1n) is 8.62. The number of nitrogens with one attached hydrogen (secondary N) is 4. The maximum absolute atomic E-state index is 12.6. The number of rotatable bonds is 5. The van der Waals surface area contributed by atoms with Crippen LogP contribution in [0.2, 0.25) is 0 Å².